The summed E-state index contributed by atoms with van der Waals surface area (Å²) in [6.45, 7) is 6.40. The third-order valence-corrected chi connectivity index (χ3v) is 5.01. The van der Waals surface area contributed by atoms with Crippen LogP contribution in [-0.4, -0.2) is 86.2 Å². The summed E-state index contributed by atoms with van der Waals surface area (Å²) >= 11 is 7.22. The van der Waals surface area contributed by atoms with E-state index in [-0.39, 0.29) is 17.7 Å². The highest BCUT2D eigenvalue weighted by Crippen LogP contribution is 2.23. The largest absolute Gasteiger partial charge is 0.463 e. The van der Waals surface area contributed by atoms with Crippen LogP contribution in [0.5, 0.6) is 0 Å². The van der Waals surface area contributed by atoms with Crippen LogP contribution in [0.2, 0.25) is 0 Å². The molecule has 2 rings (SSSR count). The molecule has 0 aromatic carbocycles. The maximum absolute atomic E-state index is 11.3. The van der Waals surface area contributed by atoms with Gasteiger partial charge in [-0.15, -0.1) is 0 Å². The van der Waals surface area contributed by atoms with Gasteiger partial charge in [0, 0.05) is 78.3 Å². The molecule has 0 amide bonds. The van der Waals surface area contributed by atoms with Crippen LogP contribution in [0.3, 0.4) is 0 Å². The lowest BCUT2D eigenvalue weighted by molar-refractivity contribution is -0.200. The van der Waals surface area contributed by atoms with E-state index in [4.69, 9.17) is 33.2 Å². The van der Waals surface area contributed by atoms with Gasteiger partial charge >= 0.3 is 35.8 Å². The molecule has 0 aliphatic carbocycles. The first-order chi connectivity index (χ1) is 17.8. The van der Waals surface area contributed by atoms with Gasteiger partial charge in [0.1, 0.15) is 29.9 Å². The first-order valence-electron chi connectivity index (χ1n) is 10.9. The summed E-state index contributed by atoms with van der Waals surface area (Å²) in [6, 6.07) is 0. The number of hydrogen-bond donors (Lipinski definition) is 0. The second-order valence-corrected chi connectivity index (χ2v) is 8.41. The van der Waals surface area contributed by atoms with Crippen molar-refractivity contribution in [1.29, 1.82) is 0 Å². The van der Waals surface area contributed by atoms with Crippen LogP contribution in [0.15, 0.2) is 10.6 Å². The molecule has 0 aromatic rings. The molecule has 0 radical (unpaired) electrons. The van der Waals surface area contributed by atoms with Crippen molar-refractivity contribution >= 4 is 89.0 Å². The Morgan fingerprint density at radius 3 is 1.82 bits per heavy atom. The lowest BCUT2D eigenvalue weighted by Gasteiger charge is -2.36. The third-order valence-electron chi connectivity index (χ3n) is 4.42. The van der Waals surface area contributed by atoms with Gasteiger partial charge < -0.3 is 33.2 Å². The Balaban J connectivity index is 0.000000680. The lowest BCUT2D eigenvalue weighted by Crippen LogP contribution is -2.50. The van der Waals surface area contributed by atoms with E-state index in [0.29, 0.717) is 13.0 Å². The molecule has 2 aliphatic heterocycles. The number of rotatable bonds is 7. The second-order valence-electron chi connectivity index (χ2n) is 7.56. The van der Waals surface area contributed by atoms with Crippen molar-refractivity contribution in [3.05, 3.63) is 10.6 Å². The first kappa shape index (κ1) is 36.5. The molecule has 216 valence electrons. The second kappa shape index (κ2) is 19.5. The zero-order valence-electron chi connectivity index (χ0n) is 21.2. The van der Waals surface area contributed by atoms with Crippen LogP contribution in [-0.2, 0) is 61.9 Å². The third kappa shape index (κ3) is 15.2. The highest BCUT2D eigenvalue weighted by Gasteiger charge is 2.39. The van der Waals surface area contributed by atoms with E-state index in [1.54, 1.807) is 0 Å². The Bertz CT molecular complexity index is 879. The van der Waals surface area contributed by atoms with Crippen molar-refractivity contribution in [2.75, 3.05) is 19.8 Å². The van der Waals surface area contributed by atoms with E-state index < -0.39 is 66.3 Å². The zero-order valence-corrected chi connectivity index (χ0v) is 27.1. The number of carbonyl (C=O) groups excluding carboxylic acids is 6. The fraction of sp³-hybridized carbons (Fsp3) is 0.636. The summed E-state index contributed by atoms with van der Waals surface area (Å²) < 4.78 is 35.3. The van der Waals surface area contributed by atoms with E-state index in [9.17, 15) is 28.8 Å². The van der Waals surface area contributed by atoms with Gasteiger partial charge in [0.15, 0.2) is 18.3 Å². The van der Waals surface area contributed by atoms with Crippen molar-refractivity contribution in [3.63, 3.8) is 0 Å². The molecule has 2 unspecified atom stereocenters. The smallest absolute Gasteiger partial charge is 0.345 e. The maximum atomic E-state index is 11.3. The Morgan fingerprint density at radius 2 is 1.34 bits per heavy atom. The fourth-order valence-electron chi connectivity index (χ4n) is 3.07. The summed E-state index contributed by atoms with van der Waals surface area (Å²) in [7, 11) is 0. The molecule has 16 heteroatoms. The number of ether oxygens (including phenoxy) is 7. The fourth-order valence-corrected chi connectivity index (χ4v) is 3.42. The van der Waals surface area contributed by atoms with Gasteiger partial charge in [-0.1, -0.05) is 0 Å². The van der Waals surface area contributed by atoms with E-state index in [1.807, 2.05) is 0 Å². The molecule has 1 saturated heterocycles. The molecule has 5 atom stereocenters. The van der Waals surface area contributed by atoms with Gasteiger partial charge in [-0.05, 0) is 22.0 Å². The van der Waals surface area contributed by atoms with Crippen LogP contribution < -0.4 is 0 Å². The molecule has 0 spiro atoms. The SMILES string of the molecule is CC(=O)OCC1OC(=O)C(Br)=C[C@H]1OC(C)=O.CC(=O)OCC1OCC[C@@H](OC(C)=O)[C@H]1OC(C)=O.II. The Hall–Kier alpha value is -1.54. The van der Waals surface area contributed by atoms with Crippen molar-refractivity contribution in [3.8, 4) is 0 Å². The van der Waals surface area contributed by atoms with Crippen LogP contribution in [0.1, 0.15) is 41.0 Å². The summed E-state index contributed by atoms with van der Waals surface area (Å²) in [6.07, 6.45) is -1.75. The van der Waals surface area contributed by atoms with Gasteiger partial charge in [-0.3, -0.25) is 24.0 Å². The Morgan fingerprint density at radius 1 is 0.842 bits per heavy atom. The minimum atomic E-state index is -0.823. The van der Waals surface area contributed by atoms with Gasteiger partial charge in [-0.25, -0.2) is 4.79 Å². The van der Waals surface area contributed by atoms with Crippen LogP contribution in [0.4, 0.5) is 0 Å². The molecular formula is C22H29BrI2O13. The quantitative estimate of drug-likeness (QED) is 0.209. The van der Waals surface area contributed by atoms with Crippen molar-refractivity contribution in [1.82, 2.24) is 0 Å². The van der Waals surface area contributed by atoms with Gasteiger partial charge in [0.25, 0.3) is 0 Å². The van der Waals surface area contributed by atoms with Gasteiger partial charge in [0.2, 0.25) is 0 Å². The number of halogens is 3. The van der Waals surface area contributed by atoms with E-state index in [0.717, 1.165) is 0 Å². The molecule has 2 heterocycles. The molecule has 2 aliphatic rings. The summed E-state index contributed by atoms with van der Waals surface area (Å²) in [5, 5.41) is 0. The van der Waals surface area contributed by atoms with Crippen LogP contribution in [0.25, 0.3) is 0 Å². The maximum Gasteiger partial charge on any atom is 0.345 e. The van der Waals surface area contributed by atoms with Crippen LogP contribution >= 0.6 is 53.2 Å². The average Bonchev–Trinajstić information content (AvgIpc) is 2.81. The molecule has 0 N–H and O–H groups in total. The molecule has 38 heavy (non-hydrogen) atoms. The summed E-state index contributed by atoms with van der Waals surface area (Å²) in [5.74, 6) is -3.05. The van der Waals surface area contributed by atoms with E-state index in [1.165, 1.54) is 40.7 Å². The molecule has 0 aromatic heterocycles. The Kier molecular flexibility index (Phi) is 18.7. The average molecular weight is 835 g/mol. The van der Waals surface area contributed by atoms with Gasteiger partial charge in [-0.2, -0.15) is 0 Å². The standard InChI is InChI=1S/C12H18O7.C10H11BrO6.I2/c1-7(13)17-6-11-12(19-9(3)15)10(4-5-16-11)18-8(2)14;1-5(12)15-4-9-8(16-6(2)13)3-7(11)10(14)17-9;1-2/h10-12H,4-6H2,1-3H3;3,8-9H,4H2,1-2H3;/t10-,11?,12-;8-,9?;/m11./s1. The van der Waals surface area contributed by atoms with Crippen molar-refractivity contribution in [2.45, 2.75) is 71.6 Å². The number of esters is 6. The number of carbonyl (C=O) groups is 6. The Labute approximate surface area is 251 Å². The van der Waals surface area contributed by atoms with Crippen molar-refractivity contribution in [2.24, 2.45) is 0 Å². The molecule has 1 fully saturated rings. The summed E-state index contributed by atoms with van der Waals surface area (Å²) in [4.78, 5) is 65.7. The normalized spacial score (nSPS) is 23.8. The zero-order chi connectivity index (χ0) is 29.4. The lowest BCUT2D eigenvalue weighted by atomic mass is 10.0. The minimum absolute atomic E-state index is 0.0506. The molecule has 13 nitrogen and oxygen atoms in total. The topological polar surface area (TPSA) is 167 Å². The predicted octanol–water partition coefficient (Wildman–Crippen LogP) is 2.66. The number of cyclic esters (lactones) is 1. The number of hydrogen-bond acceptors (Lipinski definition) is 13. The molecule has 0 saturated carbocycles. The summed E-state index contributed by atoms with van der Waals surface area (Å²) in [5.41, 5.74) is 0. The van der Waals surface area contributed by atoms with E-state index >= 15 is 0 Å². The first-order valence-corrected chi connectivity index (χ1v) is 18.0. The van der Waals surface area contributed by atoms with Crippen molar-refractivity contribution < 1.29 is 61.9 Å². The van der Waals surface area contributed by atoms with E-state index in [2.05, 4.69) is 53.2 Å². The highest BCUT2D eigenvalue weighted by molar-refractivity contribution is 15.0. The highest BCUT2D eigenvalue weighted by atomic mass is 128. The van der Waals surface area contributed by atoms with Crippen LogP contribution in [0, 0.1) is 0 Å². The monoisotopic (exact) mass is 834 g/mol. The predicted molar refractivity (Wildman–Crippen MR) is 149 cm³/mol. The minimum Gasteiger partial charge on any atom is -0.463 e. The molecular weight excluding hydrogens is 806 g/mol. The van der Waals surface area contributed by atoms with Gasteiger partial charge in [0.05, 0.1) is 6.61 Å². The molecule has 0 bridgehead atoms.